The van der Waals surface area contributed by atoms with Gasteiger partial charge >= 0.3 is 0 Å². The number of carbonyl (C=O) groups excluding carboxylic acids is 2. The molecule has 1 aliphatic rings. The van der Waals surface area contributed by atoms with Crippen LogP contribution in [-0.2, 0) is 16.0 Å². The molecule has 0 radical (unpaired) electrons. The number of rotatable bonds is 4. The van der Waals surface area contributed by atoms with Crippen LogP contribution in [0.2, 0.25) is 5.02 Å². The molecule has 2 heterocycles. The monoisotopic (exact) mass is 432 g/mol. The number of aryl methyl sites for hydroxylation is 2. The number of hydrogen-bond acceptors (Lipinski definition) is 4. The Kier molecular flexibility index (Phi) is 5.61. The van der Waals surface area contributed by atoms with Gasteiger partial charge in [0.2, 0.25) is 0 Å². The van der Waals surface area contributed by atoms with Crippen LogP contribution in [0, 0.1) is 6.92 Å². The van der Waals surface area contributed by atoms with Crippen LogP contribution in [0.5, 0.6) is 0 Å². The number of nitrogens with zero attached hydrogens (tertiary/aromatic N) is 2. The van der Waals surface area contributed by atoms with Crippen molar-refractivity contribution in [2.24, 2.45) is 0 Å². The van der Waals surface area contributed by atoms with Gasteiger partial charge in [0.05, 0.1) is 11.6 Å². The van der Waals surface area contributed by atoms with E-state index in [2.05, 4.69) is 4.98 Å². The molecule has 5 nitrogen and oxygen atoms in total. The molecule has 1 unspecified atom stereocenters. The summed E-state index contributed by atoms with van der Waals surface area (Å²) in [5.74, 6) is -1.65. The Balaban J connectivity index is 1.94. The van der Waals surface area contributed by atoms with Gasteiger partial charge in [-0.2, -0.15) is 0 Å². The van der Waals surface area contributed by atoms with Crippen LogP contribution >= 0.6 is 11.6 Å². The summed E-state index contributed by atoms with van der Waals surface area (Å²) in [6.45, 7) is 3.88. The van der Waals surface area contributed by atoms with E-state index in [4.69, 9.17) is 11.6 Å². The second-order valence-electron chi connectivity index (χ2n) is 7.43. The first-order valence-electron chi connectivity index (χ1n) is 9.98. The van der Waals surface area contributed by atoms with Crippen molar-refractivity contribution >= 4 is 34.7 Å². The second kappa shape index (κ2) is 8.36. The third kappa shape index (κ3) is 3.73. The van der Waals surface area contributed by atoms with E-state index in [1.165, 1.54) is 4.90 Å². The molecule has 0 saturated carbocycles. The molecule has 1 fully saturated rings. The minimum absolute atomic E-state index is 0.0415. The predicted molar refractivity (Wildman–Crippen MR) is 121 cm³/mol. The van der Waals surface area contributed by atoms with Gasteiger partial charge in [-0.15, -0.1) is 0 Å². The van der Waals surface area contributed by atoms with Gasteiger partial charge in [0.15, 0.2) is 0 Å². The lowest BCUT2D eigenvalue weighted by Gasteiger charge is -2.26. The van der Waals surface area contributed by atoms with Gasteiger partial charge in [0.1, 0.15) is 5.76 Å². The molecule has 1 N–H and O–H groups in total. The molecule has 6 heteroatoms. The number of aliphatic hydroxyl groups is 1. The third-order valence-corrected chi connectivity index (χ3v) is 5.77. The molecule has 1 aromatic heterocycles. The highest BCUT2D eigenvalue weighted by Crippen LogP contribution is 2.43. The zero-order valence-corrected chi connectivity index (χ0v) is 17.9. The van der Waals surface area contributed by atoms with E-state index in [-0.39, 0.29) is 11.3 Å². The largest absolute Gasteiger partial charge is 0.507 e. The van der Waals surface area contributed by atoms with Crippen LogP contribution in [0.3, 0.4) is 0 Å². The van der Waals surface area contributed by atoms with Gasteiger partial charge in [-0.1, -0.05) is 48.9 Å². The van der Waals surface area contributed by atoms with Crippen molar-refractivity contribution in [3.8, 4) is 0 Å². The van der Waals surface area contributed by atoms with E-state index in [0.717, 1.165) is 17.5 Å². The van der Waals surface area contributed by atoms with Crippen molar-refractivity contribution in [1.29, 1.82) is 0 Å². The molecule has 1 amide bonds. The lowest BCUT2D eigenvalue weighted by Crippen LogP contribution is -2.30. The lowest BCUT2D eigenvalue weighted by atomic mass is 9.95. The Bertz CT molecular complexity index is 1190. The Morgan fingerprint density at radius 2 is 1.74 bits per heavy atom. The number of carbonyl (C=O) groups is 2. The third-order valence-electron chi connectivity index (χ3n) is 5.53. The highest BCUT2D eigenvalue weighted by atomic mass is 35.5. The van der Waals surface area contributed by atoms with Gasteiger partial charge in [0.25, 0.3) is 11.7 Å². The van der Waals surface area contributed by atoms with Crippen molar-refractivity contribution in [3.63, 3.8) is 0 Å². The quantitative estimate of drug-likeness (QED) is 0.348. The van der Waals surface area contributed by atoms with Crippen LogP contribution in [0.1, 0.15) is 35.2 Å². The predicted octanol–water partition coefficient (Wildman–Crippen LogP) is 5.23. The number of ketones is 1. The van der Waals surface area contributed by atoms with Gasteiger partial charge < -0.3 is 5.11 Å². The Labute approximate surface area is 185 Å². The first-order valence-corrected chi connectivity index (χ1v) is 10.4. The minimum atomic E-state index is -0.800. The molecular formula is C25H21ClN2O3. The molecule has 1 saturated heterocycles. The van der Waals surface area contributed by atoms with Crippen molar-refractivity contribution < 1.29 is 14.7 Å². The number of aliphatic hydroxyl groups excluding tert-OH is 1. The summed E-state index contributed by atoms with van der Waals surface area (Å²) in [5.41, 5.74) is 3.61. The number of halogens is 1. The van der Waals surface area contributed by atoms with E-state index in [1.54, 1.807) is 54.9 Å². The average molecular weight is 433 g/mol. The SMILES string of the molecule is CCc1ccc(/C(O)=C2\C(=O)C(=O)N(c3cc(Cl)ccc3C)C2c2ccncc2)cc1. The van der Waals surface area contributed by atoms with E-state index >= 15 is 0 Å². The maximum atomic E-state index is 13.2. The van der Waals surface area contributed by atoms with Gasteiger partial charge in [-0.25, -0.2) is 0 Å². The summed E-state index contributed by atoms with van der Waals surface area (Å²) in [6.07, 6.45) is 4.04. The second-order valence-corrected chi connectivity index (χ2v) is 7.87. The summed E-state index contributed by atoms with van der Waals surface area (Å²) in [5, 5.41) is 11.6. The van der Waals surface area contributed by atoms with Crippen molar-refractivity contribution in [1.82, 2.24) is 4.98 Å². The van der Waals surface area contributed by atoms with Gasteiger partial charge in [0, 0.05) is 28.7 Å². The zero-order valence-electron chi connectivity index (χ0n) is 17.2. The first-order chi connectivity index (χ1) is 14.9. The molecule has 4 rings (SSSR count). The number of amides is 1. The Morgan fingerprint density at radius 1 is 1.06 bits per heavy atom. The molecule has 0 bridgehead atoms. The summed E-state index contributed by atoms with van der Waals surface area (Å²) >= 11 is 6.20. The topological polar surface area (TPSA) is 70.5 Å². The fourth-order valence-electron chi connectivity index (χ4n) is 3.84. The minimum Gasteiger partial charge on any atom is -0.507 e. The molecular weight excluding hydrogens is 412 g/mol. The highest BCUT2D eigenvalue weighted by molar-refractivity contribution is 6.52. The molecule has 0 spiro atoms. The summed E-state index contributed by atoms with van der Waals surface area (Å²) < 4.78 is 0. The van der Waals surface area contributed by atoms with Crippen LogP contribution in [0.25, 0.3) is 5.76 Å². The molecule has 3 aromatic rings. The average Bonchev–Trinajstić information content (AvgIpc) is 3.06. The maximum absolute atomic E-state index is 13.2. The van der Waals surface area contributed by atoms with Gasteiger partial charge in [-0.05, 0) is 54.3 Å². The summed E-state index contributed by atoms with van der Waals surface area (Å²) in [4.78, 5) is 31.8. The van der Waals surface area contributed by atoms with Crippen molar-refractivity contribution in [2.45, 2.75) is 26.3 Å². The fraction of sp³-hybridized carbons (Fsp3) is 0.160. The number of Topliss-reactive ketones (excluding diaryl/α,β-unsaturated/α-hetero) is 1. The standard InChI is InChI=1S/C25H21ClN2O3/c1-3-16-5-7-18(8-6-16)23(29)21-22(17-10-12-27-13-11-17)28(25(31)24(21)30)20-14-19(26)9-4-15(20)2/h4-14,22,29H,3H2,1-2H3/b23-21+. The molecule has 1 atom stereocenters. The molecule has 156 valence electrons. The number of hydrogen-bond donors (Lipinski definition) is 1. The summed E-state index contributed by atoms with van der Waals surface area (Å²) in [7, 11) is 0. The van der Waals surface area contributed by atoms with E-state index < -0.39 is 17.7 Å². The van der Waals surface area contributed by atoms with E-state index in [1.807, 2.05) is 26.0 Å². The van der Waals surface area contributed by atoms with Crippen molar-refractivity contribution in [3.05, 3.63) is 99.8 Å². The highest BCUT2D eigenvalue weighted by Gasteiger charge is 2.47. The normalized spacial score (nSPS) is 17.9. The maximum Gasteiger partial charge on any atom is 0.300 e. The number of anilines is 1. The van der Waals surface area contributed by atoms with E-state index in [0.29, 0.717) is 21.8 Å². The molecule has 0 aliphatic carbocycles. The first kappa shape index (κ1) is 20.8. The van der Waals surface area contributed by atoms with Crippen LogP contribution in [-0.4, -0.2) is 21.8 Å². The van der Waals surface area contributed by atoms with Crippen LogP contribution in [0.4, 0.5) is 5.69 Å². The number of pyridine rings is 1. The molecule has 2 aromatic carbocycles. The Morgan fingerprint density at radius 3 is 2.39 bits per heavy atom. The molecule has 1 aliphatic heterocycles. The van der Waals surface area contributed by atoms with E-state index in [9.17, 15) is 14.7 Å². The smallest absolute Gasteiger partial charge is 0.300 e. The van der Waals surface area contributed by atoms with Crippen LogP contribution in [0.15, 0.2) is 72.6 Å². The van der Waals surface area contributed by atoms with Gasteiger partial charge in [-0.3, -0.25) is 19.5 Å². The number of aromatic nitrogens is 1. The summed E-state index contributed by atoms with van der Waals surface area (Å²) in [6, 6.07) is 15.2. The molecule has 31 heavy (non-hydrogen) atoms. The zero-order chi connectivity index (χ0) is 22.1. The lowest BCUT2D eigenvalue weighted by molar-refractivity contribution is -0.132. The Hall–Kier alpha value is -3.44. The van der Waals surface area contributed by atoms with Crippen molar-refractivity contribution in [2.75, 3.05) is 4.90 Å². The van der Waals surface area contributed by atoms with Crippen LogP contribution < -0.4 is 4.90 Å². The number of benzene rings is 2. The fourth-order valence-corrected chi connectivity index (χ4v) is 4.00.